The number of cyclic esters (lactones) is 1. The maximum atomic E-state index is 12.7. The van der Waals surface area contributed by atoms with E-state index in [1.165, 1.54) is 0 Å². The van der Waals surface area contributed by atoms with E-state index in [1.807, 2.05) is 78.9 Å². The van der Waals surface area contributed by atoms with Crippen molar-refractivity contribution < 1.29 is 9.53 Å². The van der Waals surface area contributed by atoms with E-state index in [4.69, 9.17) is 4.74 Å². The van der Waals surface area contributed by atoms with Crippen LogP contribution in [0, 0.1) is 0 Å². The van der Waals surface area contributed by atoms with Crippen molar-refractivity contribution >= 4 is 5.97 Å². The molecular weight excluding hydrogens is 296 g/mol. The van der Waals surface area contributed by atoms with Gasteiger partial charge in [0, 0.05) is 5.92 Å². The minimum Gasteiger partial charge on any atom is -0.456 e. The summed E-state index contributed by atoms with van der Waals surface area (Å²) in [6.45, 7) is 0. The SMILES string of the molecule is O=C1OC(c2ccccc2)C(c2ccccc2)C1c1ccccc1. The highest BCUT2D eigenvalue weighted by molar-refractivity contribution is 5.82. The number of rotatable bonds is 3. The van der Waals surface area contributed by atoms with Crippen LogP contribution in [-0.2, 0) is 9.53 Å². The highest BCUT2D eigenvalue weighted by Gasteiger charge is 2.46. The van der Waals surface area contributed by atoms with Gasteiger partial charge in [-0.1, -0.05) is 91.0 Å². The first-order valence-electron chi connectivity index (χ1n) is 8.20. The maximum Gasteiger partial charge on any atom is 0.314 e. The molecule has 1 aliphatic rings. The van der Waals surface area contributed by atoms with Gasteiger partial charge < -0.3 is 4.74 Å². The fourth-order valence-corrected chi connectivity index (χ4v) is 3.56. The van der Waals surface area contributed by atoms with Crippen molar-refractivity contribution in [1.82, 2.24) is 0 Å². The van der Waals surface area contributed by atoms with Crippen LogP contribution >= 0.6 is 0 Å². The fraction of sp³-hybridized carbons (Fsp3) is 0.136. The number of benzene rings is 3. The van der Waals surface area contributed by atoms with Gasteiger partial charge in [0.15, 0.2) is 0 Å². The molecule has 1 fully saturated rings. The number of hydrogen-bond acceptors (Lipinski definition) is 2. The van der Waals surface area contributed by atoms with Gasteiger partial charge in [-0.3, -0.25) is 4.79 Å². The second-order valence-electron chi connectivity index (χ2n) is 6.09. The van der Waals surface area contributed by atoms with Crippen LogP contribution in [0.5, 0.6) is 0 Å². The summed E-state index contributed by atoms with van der Waals surface area (Å²) in [5, 5.41) is 0. The van der Waals surface area contributed by atoms with E-state index in [9.17, 15) is 4.79 Å². The van der Waals surface area contributed by atoms with Crippen molar-refractivity contribution in [3.8, 4) is 0 Å². The van der Waals surface area contributed by atoms with Crippen LogP contribution < -0.4 is 0 Å². The molecule has 1 saturated heterocycles. The zero-order chi connectivity index (χ0) is 16.4. The summed E-state index contributed by atoms with van der Waals surface area (Å²) in [7, 11) is 0. The van der Waals surface area contributed by atoms with Crippen LogP contribution in [-0.4, -0.2) is 5.97 Å². The molecule has 3 aromatic rings. The van der Waals surface area contributed by atoms with Gasteiger partial charge in [0.2, 0.25) is 0 Å². The molecule has 0 amide bonds. The molecule has 0 aliphatic carbocycles. The van der Waals surface area contributed by atoms with Gasteiger partial charge in [0.1, 0.15) is 6.10 Å². The monoisotopic (exact) mass is 314 g/mol. The molecule has 0 saturated carbocycles. The van der Waals surface area contributed by atoms with Gasteiger partial charge in [-0.05, 0) is 16.7 Å². The van der Waals surface area contributed by atoms with Gasteiger partial charge in [0.25, 0.3) is 0 Å². The van der Waals surface area contributed by atoms with Crippen LogP contribution in [0.1, 0.15) is 34.6 Å². The number of hydrogen-bond donors (Lipinski definition) is 0. The Bertz CT molecular complexity index is 812. The first-order chi connectivity index (χ1) is 11.8. The highest BCUT2D eigenvalue weighted by Crippen LogP contribution is 2.50. The molecule has 0 spiro atoms. The van der Waals surface area contributed by atoms with E-state index in [1.54, 1.807) is 0 Å². The van der Waals surface area contributed by atoms with Crippen molar-refractivity contribution in [2.75, 3.05) is 0 Å². The van der Waals surface area contributed by atoms with E-state index in [0.717, 1.165) is 16.7 Å². The topological polar surface area (TPSA) is 26.3 Å². The van der Waals surface area contributed by atoms with Gasteiger partial charge in [-0.15, -0.1) is 0 Å². The molecule has 2 heteroatoms. The van der Waals surface area contributed by atoms with E-state index in [2.05, 4.69) is 12.1 Å². The zero-order valence-electron chi connectivity index (χ0n) is 13.2. The Morgan fingerprint density at radius 2 is 1.04 bits per heavy atom. The van der Waals surface area contributed by atoms with Crippen LogP contribution in [0.2, 0.25) is 0 Å². The third-order valence-corrected chi connectivity index (χ3v) is 4.65. The summed E-state index contributed by atoms with van der Waals surface area (Å²) in [6.07, 6.45) is -0.258. The molecule has 2 nitrogen and oxygen atoms in total. The average Bonchev–Trinajstić information content (AvgIpc) is 3.01. The first kappa shape index (κ1) is 14.7. The fourth-order valence-electron chi connectivity index (χ4n) is 3.56. The molecule has 1 heterocycles. The van der Waals surface area contributed by atoms with E-state index in [-0.39, 0.29) is 23.9 Å². The van der Waals surface area contributed by atoms with Crippen molar-refractivity contribution in [3.05, 3.63) is 108 Å². The summed E-state index contributed by atoms with van der Waals surface area (Å²) >= 11 is 0. The predicted octanol–water partition coefficient (Wildman–Crippen LogP) is 4.85. The smallest absolute Gasteiger partial charge is 0.314 e. The Morgan fingerprint density at radius 3 is 1.58 bits per heavy atom. The lowest BCUT2D eigenvalue weighted by Gasteiger charge is -2.22. The summed E-state index contributed by atoms with van der Waals surface area (Å²) in [5.74, 6) is -0.453. The Hall–Kier alpha value is -2.87. The molecule has 0 aromatic heterocycles. The maximum absolute atomic E-state index is 12.7. The van der Waals surface area contributed by atoms with Crippen LogP contribution in [0.25, 0.3) is 0 Å². The quantitative estimate of drug-likeness (QED) is 0.646. The molecule has 1 aliphatic heterocycles. The minimum atomic E-state index is -0.279. The van der Waals surface area contributed by atoms with Gasteiger partial charge >= 0.3 is 5.97 Å². The second kappa shape index (κ2) is 6.32. The third kappa shape index (κ3) is 2.61. The summed E-state index contributed by atoms with van der Waals surface area (Å²) in [6, 6.07) is 30.1. The molecule has 0 bridgehead atoms. The molecule has 118 valence electrons. The number of ether oxygens (including phenoxy) is 1. The van der Waals surface area contributed by atoms with Crippen molar-refractivity contribution in [1.29, 1.82) is 0 Å². The number of carbonyl (C=O) groups is 1. The van der Waals surface area contributed by atoms with Gasteiger partial charge in [-0.25, -0.2) is 0 Å². The highest BCUT2D eigenvalue weighted by atomic mass is 16.6. The summed E-state index contributed by atoms with van der Waals surface area (Å²) < 4.78 is 5.84. The van der Waals surface area contributed by atoms with Crippen LogP contribution in [0.4, 0.5) is 0 Å². The second-order valence-corrected chi connectivity index (χ2v) is 6.09. The van der Waals surface area contributed by atoms with Crippen molar-refractivity contribution in [2.45, 2.75) is 17.9 Å². The number of carbonyl (C=O) groups excluding carboxylic acids is 1. The van der Waals surface area contributed by atoms with E-state index < -0.39 is 0 Å². The van der Waals surface area contributed by atoms with Gasteiger partial charge in [0.05, 0.1) is 5.92 Å². The molecular formula is C22H18O2. The third-order valence-electron chi connectivity index (χ3n) is 4.65. The average molecular weight is 314 g/mol. The van der Waals surface area contributed by atoms with Crippen molar-refractivity contribution in [3.63, 3.8) is 0 Å². The molecule has 4 rings (SSSR count). The lowest BCUT2D eigenvalue weighted by Crippen LogP contribution is -2.14. The molecule has 24 heavy (non-hydrogen) atoms. The molecule has 3 aromatic carbocycles. The molecule has 3 unspecified atom stereocenters. The van der Waals surface area contributed by atoms with E-state index in [0.29, 0.717) is 0 Å². The first-order valence-corrected chi connectivity index (χ1v) is 8.20. The standard InChI is InChI=1S/C22H18O2/c23-22-20(17-12-6-2-7-13-17)19(16-10-4-1-5-11-16)21(24-22)18-14-8-3-9-15-18/h1-15,19-21H. The molecule has 3 atom stereocenters. The summed E-state index contributed by atoms with van der Waals surface area (Å²) in [4.78, 5) is 12.7. The Balaban J connectivity index is 1.83. The predicted molar refractivity (Wildman–Crippen MR) is 93.6 cm³/mol. The number of esters is 1. The Kier molecular flexibility index (Phi) is 3.87. The minimum absolute atomic E-state index is 0.0245. The van der Waals surface area contributed by atoms with E-state index >= 15 is 0 Å². The normalized spacial score (nSPS) is 23.0. The Morgan fingerprint density at radius 1 is 0.583 bits per heavy atom. The molecule has 0 radical (unpaired) electrons. The van der Waals surface area contributed by atoms with Crippen LogP contribution in [0.3, 0.4) is 0 Å². The Labute approximate surface area is 141 Å². The largest absolute Gasteiger partial charge is 0.456 e. The van der Waals surface area contributed by atoms with Crippen molar-refractivity contribution in [2.24, 2.45) is 0 Å². The lowest BCUT2D eigenvalue weighted by molar-refractivity contribution is -0.142. The summed E-state index contributed by atoms with van der Waals surface area (Å²) in [5.41, 5.74) is 3.18. The lowest BCUT2D eigenvalue weighted by atomic mass is 9.78. The zero-order valence-corrected chi connectivity index (χ0v) is 13.2. The molecule has 0 N–H and O–H groups in total. The van der Waals surface area contributed by atoms with Gasteiger partial charge in [-0.2, -0.15) is 0 Å². The van der Waals surface area contributed by atoms with Crippen LogP contribution in [0.15, 0.2) is 91.0 Å².